The molecule has 0 saturated carbocycles. The van der Waals surface area contributed by atoms with Crippen molar-refractivity contribution in [1.82, 2.24) is 5.32 Å². The Kier molecular flexibility index (Phi) is 8.96. The lowest BCUT2D eigenvalue weighted by atomic mass is 10.0. The maximum atomic E-state index is 12.6. The summed E-state index contributed by atoms with van der Waals surface area (Å²) in [6.07, 6.45) is 6.02. The van der Waals surface area contributed by atoms with E-state index >= 15 is 0 Å². The van der Waals surface area contributed by atoms with Crippen molar-refractivity contribution in [3.63, 3.8) is 0 Å². The third kappa shape index (κ3) is 6.79. The van der Waals surface area contributed by atoms with Crippen LogP contribution in [-0.4, -0.2) is 32.8 Å². The first-order chi connectivity index (χ1) is 14.1. The van der Waals surface area contributed by atoms with E-state index in [0.717, 1.165) is 48.3 Å². The van der Waals surface area contributed by atoms with Gasteiger partial charge in [0.1, 0.15) is 17.8 Å². The number of methoxy groups -OCH3 is 2. The number of rotatable bonds is 12. The highest BCUT2D eigenvalue weighted by molar-refractivity contribution is 6.04. The second kappa shape index (κ2) is 11.7. The lowest BCUT2D eigenvalue weighted by molar-refractivity contribution is 0.104. The molecule has 0 aliphatic heterocycles. The molecule has 2 rings (SSSR count). The molecule has 0 atom stereocenters. The Balaban J connectivity index is 2.07. The highest BCUT2D eigenvalue weighted by Crippen LogP contribution is 2.17. The quantitative estimate of drug-likeness (QED) is 0.323. The first-order valence-corrected chi connectivity index (χ1v) is 9.86. The minimum absolute atomic E-state index is 0.0405. The molecule has 2 aromatic rings. The summed E-state index contributed by atoms with van der Waals surface area (Å²) in [6.45, 7) is 2.75. The number of aldehydes is 1. The van der Waals surface area contributed by atoms with Gasteiger partial charge in [0.25, 0.3) is 0 Å². The zero-order valence-corrected chi connectivity index (χ0v) is 17.4. The van der Waals surface area contributed by atoms with Crippen LogP contribution in [0.25, 0.3) is 0 Å². The van der Waals surface area contributed by atoms with Crippen LogP contribution in [0.2, 0.25) is 0 Å². The first-order valence-electron chi connectivity index (χ1n) is 9.86. The van der Waals surface area contributed by atoms with Crippen LogP contribution in [0.3, 0.4) is 0 Å². The van der Waals surface area contributed by atoms with E-state index in [2.05, 4.69) is 12.2 Å². The third-order valence-electron chi connectivity index (χ3n) is 4.70. The fraction of sp³-hybridized carbons (Fsp3) is 0.333. The monoisotopic (exact) mass is 395 g/mol. The Labute approximate surface area is 172 Å². The fourth-order valence-electron chi connectivity index (χ4n) is 2.97. The number of benzene rings is 2. The molecule has 29 heavy (non-hydrogen) atoms. The normalized spacial score (nSPS) is 11.1. The van der Waals surface area contributed by atoms with E-state index in [-0.39, 0.29) is 5.78 Å². The van der Waals surface area contributed by atoms with Crippen LogP contribution in [0.4, 0.5) is 0 Å². The van der Waals surface area contributed by atoms with Gasteiger partial charge in [-0.05, 0) is 67.3 Å². The highest BCUT2D eigenvalue weighted by Gasteiger charge is 2.08. The van der Waals surface area contributed by atoms with E-state index in [4.69, 9.17) is 9.47 Å². The molecule has 5 nitrogen and oxygen atoms in total. The van der Waals surface area contributed by atoms with Gasteiger partial charge in [0.05, 0.1) is 14.2 Å². The molecule has 0 unspecified atom stereocenters. The van der Waals surface area contributed by atoms with Crippen molar-refractivity contribution in [2.24, 2.45) is 0 Å². The van der Waals surface area contributed by atoms with E-state index in [1.165, 1.54) is 0 Å². The molecule has 0 aromatic heterocycles. The second-order valence-corrected chi connectivity index (χ2v) is 6.73. The number of allylic oxidation sites excluding steroid dienone is 2. The molecule has 0 bridgehead atoms. The maximum Gasteiger partial charge on any atom is 0.187 e. The van der Waals surface area contributed by atoms with Gasteiger partial charge < -0.3 is 14.8 Å². The van der Waals surface area contributed by atoms with Crippen molar-refractivity contribution in [2.45, 2.75) is 32.6 Å². The molecule has 0 aliphatic carbocycles. The van der Waals surface area contributed by atoms with Gasteiger partial charge in [-0.1, -0.05) is 13.3 Å². The van der Waals surface area contributed by atoms with Gasteiger partial charge in [-0.15, -0.1) is 0 Å². The Bertz CT molecular complexity index is 840. The number of unbranched alkanes of at least 4 members (excludes halogenated alkanes) is 1. The van der Waals surface area contributed by atoms with Gasteiger partial charge in [-0.2, -0.15) is 0 Å². The number of ether oxygens (including phenoxy) is 2. The topological polar surface area (TPSA) is 64.6 Å². The first kappa shape index (κ1) is 22.2. The molecule has 1 N–H and O–H groups in total. The van der Waals surface area contributed by atoms with E-state index in [1.807, 2.05) is 6.07 Å². The molecule has 0 saturated heterocycles. The van der Waals surface area contributed by atoms with Gasteiger partial charge >= 0.3 is 0 Å². The summed E-state index contributed by atoms with van der Waals surface area (Å²) in [7, 11) is 3.20. The average Bonchev–Trinajstić information content (AvgIpc) is 2.77. The molecular formula is C24H29NO4. The fourth-order valence-corrected chi connectivity index (χ4v) is 2.97. The largest absolute Gasteiger partial charge is 0.497 e. The second-order valence-electron chi connectivity index (χ2n) is 6.73. The van der Waals surface area contributed by atoms with Crippen molar-refractivity contribution in [2.75, 3.05) is 20.8 Å². The Morgan fingerprint density at radius 3 is 2.34 bits per heavy atom. The van der Waals surface area contributed by atoms with Gasteiger partial charge in [-0.25, -0.2) is 0 Å². The van der Waals surface area contributed by atoms with Crippen molar-refractivity contribution >= 4 is 12.1 Å². The van der Waals surface area contributed by atoms with Crippen molar-refractivity contribution in [3.05, 3.63) is 70.9 Å². The summed E-state index contributed by atoms with van der Waals surface area (Å²) in [5.74, 6) is 1.40. The van der Waals surface area contributed by atoms with Gasteiger partial charge in [-0.3, -0.25) is 9.59 Å². The number of ketones is 1. The molecule has 0 fully saturated rings. The summed E-state index contributed by atoms with van der Waals surface area (Å²) in [4.78, 5) is 23.9. The summed E-state index contributed by atoms with van der Waals surface area (Å²) in [6, 6.07) is 12.5. The number of nitrogens with one attached hydrogen (secondary N) is 1. The van der Waals surface area contributed by atoms with Gasteiger partial charge in [0, 0.05) is 29.4 Å². The summed E-state index contributed by atoms with van der Waals surface area (Å²) in [5.41, 5.74) is 3.10. The minimum Gasteiger partial charge on any atom is -0.497 e. The van der Waals surface area contributed by atoms with Crippen LogP contribution in [0.1, 0.15) is 52.5 Å². The number of carbonyl (C=O) groups excluding carboxylic acids is 2. The molecular weight excluding hydrogens is 366 g/mol. The summed E-state index contributed by atoms with van der Waals surface area (Å²) >= 11 is 0. The molecule has 0 spiro atoms. The average molecular weight is 395 g/mol. The molecule has 2 aromatic carbocycles. The lowest BCUT2D eigenvalue weighted by Gasteiger charge is -2.13. The van der Waals surface area contributed by atoms with E-state index in [9.17, 15) is 9.59 Å². The van der Waals surface area contributed by atoms with Crippen LogP contribution in [-0.2, 0) is 6.42 Å². The van der Waals surface area contributed by atoms with Crippen LogP contribution >= 0.6 is 0 Å². The van der Waals surface area contributed by atoms with Crippen LogP contribution in [0.15, 0.2) is 54.2 Å². The number of hydrogen-bond donors (Lipinski definition) is 1. The van der Waals surface area contributed by atoms with Crippen LogP contribution in [0, 0.1) is 0 Å². The van der Waals surface area contributed by atoms with E-state index < -0.39 is 0 Å². The Hall–Kier alpha value is -3.08. The van der Waals surface area contributed by atoms with E-state index in [0.29, 0.717) is 24.1 Å². The van der Waals surface area contributed by atoms with Crippen molar-refractivity contribution < 1.29 is 19.1 Å². The predicted octanol–water partition coefficient (Wildman–Crippen LogP) is 4.61. The van der Waals surface area contributed by atoms with Crippen LogP contribution in [0.5, 0.6) is 11.5 Å². The van der Waals surface area contributed by atoms with Crippen molar-refractivity contribution in [1.29, 1.82) is 0 Å². The van der Waals surface area contributed by atoms with Gasteiger partial charge in [0.15, 0.2) is 5.78 Å². The SMILES string of the molecule is CCCC/C(=C/C(=O)c1ccc(OC)cc1)NCCc1cc(OC)ccc1C=O. The zero-order chi connectivity index (χ0) is 21.1. The predicted molar refractivity (Wildman–Crippen MR) is 115 cm³/mol. The maximum absolute atomic E-state index is 12.6. The minimum atomic E-state index is -0.0405. The summed E-state index contributed by atoms with van der Waals surface area (Å²) < 4.78 is 10.4. The molecule has 154 valence electrons. The molecule has 0 heterocycles. The smallest absolute Gasteiger partial charge is 0.187 e. The Morgan fingerprint density at radius 1 is 1.03 bits per heavy atom. The van der Waals surface area contributed by atoms with Gasteiger partial charge in [0.2, 0.25) is 0 Å². The third-order valence-corrected chi connectivity index (χ3v) is 4.70. The molecule has 0 radical (unpaired) electrons. The van der Waals surface area contributed by atoms with Crippen LogP contribution < -0.4 is 14.8 Å². The number of hydrogen-bond acceptors (Lipinski definition) is 5. The number of carbonyl (C=O) groups is 2. The molecule has 5 heteroatoms. The molecule has 0 amide bonds. The standard InChI is InChI=1S/C24H29NO4/c1-4-5-6-21(16-24(27)18-7-10-22(28-2)11-8-18)25-14-13-19-15-23(29-3)12-9-20(19)17-26/h7-12,15-17,25H,4-6,13-14H2,1-3H3/b21-16-. The Morgan fingerprint density at radius 2 is 1.72 bits per heavy atom. The highest BCUT2D eigenvalue weighted by atomic mass is 16.5. The molecule has 0 aliphatic rings. The zero-order valence-electron chi connectivity index (χ0n) is 17.4. The van der Waals surface area contributed by atoms with Crippen molar-refractivity contribution in [3.8, 4) is 11.5 Å². The summed E-state index contributed by atoms with van der Waals surface area (Å²) in [5, 5.41) is 3.37. The van der Waals surface area contributed by atoms with E-state index in [1.54, 1.807) is 56.7 Å². The lowest BCUT2D eigenvalue weighted by Crippen LogP contribution is -2.18.